The fourth-order valence-electron chi connectivity index (χ4n) is 26.2. The van der Waals surface area contributed by atoms with E-state index in [1.807, 2.05) is 29.6 Å². The lowest BCUT2D eigenvalue weighted by Gasteiger charge is -2.60. The van der Waals surface area contributed by atoms with Gasteiger partial charge in [0.25, 0.3) is 0 Å². The molecule has 5 radical (unpaired) electrons. The molecule has 0 bridgehead atoms. The van der Waals surface area contributed by atoms with Crippen molar-refractivity contribution in [3.05, 3.63) is 85.2 Å². The minimum atomic E-state index is -0.191. The first kappa shape index (κ1) is 24.7. The van der Waals surface area contributed by atoms with Gasteiger partial charge in [-0.3, -0.25) is 0 Å². The number of hydrogen-bond acceptors (Lipinski definition) is 0. The van der Waals surface area contributed by atoms with Crippen molar-refractivity contribution >= 4 is 215 Å². The Bertz CT molecular complexity index is 5210. The lowest BCUT2D eigenvalue weighted by atomic mass is 9.40. The van der Waals surface area contributed by atoms with E-state index in [0.717, 1.165) is 0 Å². The van der Waals surface area contributed by atoms with Crippen LogP contribution < -0.4 is 0 Å². The van der Waals surface area contributed by atoms with Crippen molar-refractivity contribution in [3.8, 4) is 0 Å². The van der Waals surface area contributed by atoms with Gasteiger partial charge in [0, 0.05) is 56.7 Å². The van der Waals surface area contributed by atoms with E-state index < -0.39 is 0 Å². The van der Waals surface area contributed by atoms with Crippen molar-refractivity contribution in [1.82, 2.24) is 0 Å². The standard InChI is InChI=1S/C65H15/c1-61-46-36-26-16-11-6-7-9-10-8(6)13-20-18(11)28(26)38-40-30(20)32-22(13)24-15(10)25-23-14(9)21-19-12(7)17(16)27-29(19)39-41-31(21)33(23)43-45-35(25)34(24)44-42(32)52-50(40)62(2,48(38)46)57-56(61)58-60-59(57)64(52,4)54(44)55(45)65(60,5)53(43)51(41)63(58,3)49(39)47(61)37(27)36/h1-5H3. The number of rotatable bonds is 0. The van der Waals surface area contributed by atoms with E-state index >= 15 is 0 Å². The first-order valence-corrected chi connectivity index (χ1v) is 25.0. The summed E-state index contributed by atoms with van der Waals surface area (Å²) in [6.07, 6.45) is 0. The molecule has 0 aliphatic heterocycles. The van der Waals surface area contributed by atoms with Gasteiger partial charge in [-0.05, 0) is 271 Å². The molecule has 0 N–H and O–H groups in total. The van der Waals surface area contributed by atoms with Gasteiger partial charge in [-0.1, -0.05) is 34.6 Å². The molecule has 21 aromatic carbocycles. The van der Waals surface area contributed by atoms with Gasteiger partial charge in [-0.2, -0.15) is 0 Å². The van der Waals surface area contributed by atoms with Crippen LogP contribution in [-0.4, -0.2) is 0 Å². The molecule has 0 aromatic heterocycles. The minimum absolute atomic E-state index is 0.191. The van der Waals surface area contributed by atoms with Crippen LogP contribution in [0, 0.1) is 29.6 Å². The summed E-state index contributed by atoms with van der Waals surface area (Å²) in [5.41, 5.74) is 16.8. The molecule has 0 unspecified atom stereocenters. The molecule has 32 rings (SSSR count). The van der Waals surface area contributed by atoms with Gasteiger partial charge in [0.2, 0.25) is 0 Å². The third-order valence-electron chi connectivity index (χ3n) is 26.2. The maximum atomic E-state index is 2.85. The van der Waals surface area contributed by atoms with Crippen LogP contribution in [0.5, 0.6) is 0 Å². The Morgan fingerprint density at radius 2 is 0.200 bits per heavy atom. The molecule has 0 spiro atoms. The molecule has 0 atom stereocenters. The van der Waals surface area contributed by atoms with E-state index in [9.17, 15) is 0 Å². The molecule has 0 nitrogen and oxygen atoms in total. The maximum absolute atomic E-state index is 2.85. The quantitative estimate of drug-likeness (QED) is 0.134. The first-order chi connectivity index (χ1) is 31.8. The zero-order valence-electron chi connectivity index (χ0n) is 35.0. The lowest BCUT2D eigenvalue weighted by molar-refractivity contribution is 0.397. The molecule has 275 valence electrons. The molecule has 0 amide bonds. The van der Waals surface area contributed by atoms with E-state index in [1.54, 1.807) is 271 Å². The van der Waals surface area contributed by atoms with Gasteiger partial charge in [-0.15, -0.1) is 0 Å². The Kier molecular flexibility index (Phi) is 1.96. The average molecular weight is 796 g/mol. The van der Waals surface area contributed by atoms with Crippen LogP contribution in [0.1, 0.15) is 90.3 Å². The van der Waals surface area contributed by atoms with Crippen molar-refractivity contribution in [2.24, 2.45) is 0 Å². The van der Waals surface area contributed by atoms with Gasteiger partial charge < -0.3 is 0 Å². The molecular weight excluding hydrogens is 781 g/mol. The Balaban J connectivity index is 1.23. The van der Waals surface area contributed by atoms with Crippen LogP contribution >= 0.6 is 0 Å². The lowest BCUT2D eigenvalue weighted by Crippen LogP contribution is -2.57. The second-order valence-electron chi connectivity index (χ2n) is 26.2. The number of benzene rings is 15. The topological polar surface area (TPSA) is 0 Å². The third kappa shape index (κ3) is 1.20. The highest BCUT2D eigenvalue weighted by Crippen LogP contribution is 2.95. The molecule has 0 saturated heterocycles. The van der Waals surface area contributed by atoms with E-state index in [1.165, 1.54) is 0 Å². The molecule has 1 saturated carbocycles. The summed E-state index contributed by atoms with van der Waals surface area (Å²) in [5.74, 6) is 9.05. The normalized spacial score (nSPS) is 33.0. The van der Waals surface area contributed by atoms with Crippen molar-refractivity contribution in [2.45, 2.75) is 61.7 Å². The Hall–Kier alpha value is -6.50. The SMILES string of the molecule is CC12[C]3[C]4[C]5[C]6[C]3C3(C)c7c1c1c8c2c2c9c%10c(c%11c%12c%13c(c%14c%15c%16c(c3c3c7c7c1c1c%17c8c9c8c9c%10c%12c%10c%12c%13c%15c%13c%15c%16c3c3c7c1c1c(c%178)c(c9%10)c(c%12%13)c1c3%15)C6%14C)C5%11C)C42C. The summed E-state index contributed by atoms with van der Waals surface area (Å²) in [7, 11) is 0. The average Bonchev–Trinajstić information content (AvgIpc) is 4.15. The summed E-state index contributed by atoms with van der Waals surface area (Å²) in [5, 5.41) is 67.8. The van der Waals surface area contributed by atoms with E-state index in [-0.39, 0.29) is 27.1 Å². The summed E-state index contributed by atoms with van der Waals surface area (Å²) in [6.45, 7) is 14.2. The van der Waals surface area contributed by atoms with Gasteiger partial charge >= 0.3 is 0 Å². The zero-order chi connectivity index (χ0) is 39.3. The van der Waals surface area contributed by atoms with Crippen LogP contribution in [0.3, 0.4) is 0 Å². The van der Waals surface area contributed by atoms with Crippen molar-refractivity contribution in [3.63, 3.8) is 0 Å². The summed E-state index contributed by atoms with van der Waals surface area (Å²) >= 11 is 0. The number of hydrogen-bond donors (Lipinski definition) is 0. The molecule has 11 aliphatic carbocycles. The predicted molar refractivity (Wildman–Crippen MR) is 266 cm³/mol. The van der Waals surface area contributed by atoms with Crippen LogP contribution in [0.2, 0.25) is 0 Å². The third-order valence-corrected chi connectivity index (χ3v) is 26.2. The van der Waals surface area contributed by atoms with Crippen molar-refractivity contribution in [2.75, 3.05) is 0 Å². The van der Waals surface area contributed by atoms with Crippen LogP contribution in [0.4, 0.5) is 0 Å². The maximum Gasteiger partial charge on any atom is 0.0268 e. The van der Waals surface area contributed by atoms with Crippen LogP contribution in [-0.2, 0) is 27.1 Å². The highest BCUT2D eigenvalue weighted by molar-refractivity contribution is 6.77. The molecular formula is C65H15. The molecule has 0 heteroatoms. The first-order valence-electron chi connectivity index (χ1n) is 25.0. The fourth-order valence-corrected chi connectivity index (χ4v) is 26.2. The predicted octanol–water partition coefficient (Wildman–Crippen LogP) is 15.7. The molecule has 65 heavy (non-hydrogen) atoms. The monoisotopic (exact) mass is 795 g/mol. The Morgan fingerprint density at radius 3 is 0.292 bits per heavy atom. The second-order valence-corrected chi connectivity index (χ2v) is 26.2. The summed E-state index contributed by atoms with van der Waals surface area (Å²) in [4.78, 5) is 0. The van der Waals surface area contributed by atoms with E-state index in [2.05, 4.69) is 34.6 Å². The van der Waals surface area contributed by atoms with E-state index in [4.69, 9.17) is 0 Å². The Labute approximate surface area is 360 Å². The van der Waals surface area contributed by atoms with E-state index in [0.29, 0.717) is 0 Å². The largest absolute Gasteiger partial charge is 0.0507 e. The molecule has 11 aliphatic rings. The zero-order valence-corrected chi connectivity index (χ0v) is 35.0. The summed E-state index contributed by atoms with van der Waals surface area (Å²) in [6, 6.07) is 0. The molecule has 0 heterocycles. The van der Waals surface area contributed by atoms with Crippen LogP contribution in [0.15, 0.2) is 0 Å². The second kappa shape index (κ2) is 5.17. The van der Waals surface area contributed by atoms with Crippen LogP contribution in [0.25, 0.3) is 215 Å². The molecule has 21 aromatic rings. The van der Waals surface area contributed by atoms with Gasteiger partial charge in [0.15, 0.2) is 0 Å². The fraction of sp³-hybridized carbons (Fsp3) is 0.154. The minimum Gasteiger partial charge on any atom is -0.0507 e. The Morgan fingerprint density at radius 1 is 0.123 bits per heavy atom. The van der Waals surface area contributed by atoms with Crippen molar-refractivity contribution < 1.29 is 0 Å². The van der Waals surface area contributed by atoms with Gasteiger partial charge in [0.1, 0.15) is 0 Å². The smallest absolute Gasteiger partial charge is 0.0268 e. The molecule has 1 fully saturated rings. The highest BCUT2D eigenvalue weighted by atomic mass is 14.9. The van der Waals surface area contributed by atoms with Gasteiger partial charge in [-0.25, -0.2) is 0 Å². The van der Waals surface area contributed by atoms with Gasteiger partial charge in [0.05, 0.1) is 0 Å². The highest BCUT2D eigenvalue weighted by Gasteiger charge is 2.86. The van der Waals surface area contributed by atoms with Crippen molar-refractivity contribution in [1.29, 1.82) is 0 Å². The summed E-state index contributed by atoms with van der Waals surface area (Å²) < 4.78 is 0.